The third-order valence-corrected chi connectivity index (χ3v) is 2.06. The molecule has 0 aliphatic rings. The van der Waals surface area contributed by atoms with E-state index in [0.29, 0.717) is 19.3 Å². The Morgan fingerprint density at radius 3 is 1.89 bits per heavy atom. The zero-order chi connectivity index (χ0) is 13.6. The molecule has 110 valence electrons. The van der Waals surface area contributed by atoms with Crippen molar-refractivity contribution in [3.63, 3.8) is 0 Å². The average molecular weight is 274 g/mol. The van der Waals surface area contributed by atoms with E-state index in [0.717, 1.165) is 0 Å². The zero-order valence-electron chi connectivity index (χ0n) is 11.5. The van der Waals surface area contributed by atoms with Crippen LogP contribution in [0, 0.1) is 0 Å². The van der Waals surface area contributed by atoms with E-state index in [-0.39, 0.29) is 12.3 Å². The van der Waals surface area contributed by atoms with Crippen LogP contribution in [-0.2, 0) is 14.3 Å². The summed E-state index contributed by atoms with van der Waals surface area (Å²) in [6, 6.07) is -1.63. The summed E-state index contributed by atoms with van der Waals surface area (Å²) in [7, 11) is 0. The number of hydrogen-bond acceptors (Lipinski definition) is 5. The summed E-state index contributed by atoms with van der Waals surface area (Å²) in [5.41, 5.74) is 10.4. The SMILES string of the molecule is CC(C)(C)OC(=O)C(N)CCC[C@H](N)C(=O)O.[N].[N]. The summed E-state index contributed by atoms with van der Waals surface area (Å²) < 4.78 is 5.09. The third kappa shape index (κ3) is 11.6. The number of esters is 1. The number of rotatable bonds is 6. The van der Waals surface area contributed by atoms with Crippen LogP contribution in [0.1, 0.15) is 40.0 Å². The Hall–Kier alpha value is -1.22. The smallest absolute Gasteiger partial charge is 0.323 e. The lowest BCUT2D eigenvalue weighted by Crippen LogP contribution is -2.38. The van der Waals surface area contributed by atoms with E-state index >= 15 is 0 Å². The van der Waals surface area contributed by atoms with Gasteiger partial charge >= 0.3 is 11.9 Å². The van der Waals surface area contributed by atoms with Crippen LogP contribution in [0.5, 0.6) is 0 Å². The fourth-order valence-corrected chi connectivity index (χ4v) is 1.18. The maximum absolute atomic E-state index is 11.5. The zero-order valence-corrected chi connectivity index (χ0v) is 11.5. The van der Waals surface area contributed by atoms with E-state index in [1.165, 1.54) is 0 Å². The maximum atomic E-state index is 11.5. The Morgan fingerprint density at radius 2 is 1.53 bits per heavy atom. The maximum Gasteiger partial charge on any atom is 0.323 e. The van der Waals surface area contributed by atoms with Crippen LogP contribution in [0.2, 0.25) is 0 Å². The summed E-state index contributed by atoms with van der Waals surface area (Å²) >= 11 is 0. The molecule has 1 unspecified atom stereocenters. The lowest BCUT2D eigenvalue weighted by atomic mass is 10.1. The molecule has 0 aromatic heterocycles. The second-order valence-electron chi connectivity index (χ2n) is 5.02. The van der Waals surface area contributed by atoms with Crippen molar-refractivity contribution in [2.45, 2.75) is 57.7 Å². The van der Waals surface area contributed by atoms with Crippen molar-refractivity contribution in [1.29, 1.82) is 0 Å². The number of nitrogens with two attached hydrogens (primary N) is 2. The Morgan fingerprint density at radius 1 is 1.11 bits per heavy atom. The molecule has 0 spiro atoms. The predicted octanol–water partition coefficient (Wildman–Crippen LogP) is -0.724. The number of nitrogens with zero attached hydrogens (tertiary/aromatic N) is 2. The van der Waals surface area contributed by atoms with Gasteiger partial charge in [-0.25, -0.2) is 0 Å². The van der Waals surface area contributed by atoms with E-state index in [2.05, 4.69) is 0 Å². The monoisotopic (exact) mass is 274 g/mol. The Bertz CT molecular complexity index is 278. The molecule has 0 aliphatic carbocycles. The van der Waals surface area contributed by atoms with Crippen LogP contribution in [0.4, 0.5) is 0 Å². The van der Waals surface area contributed by atoms with Gasteiger partial charge in [-0.15, -0.1) is 0 Å². The highest BCUT2D eigenvalue weighted by molar-refractivity contribution is 5.76. The van der Waals surface area contributed by atoms with E-state index in [1.807, 2.05) is 0 Å². The van der Waals surface area contributed by atoms with Gasteiger partial charge in [0, 0.05) is 12.3 Å². The standard InChI is InChI=1S/C11H22N2O4.2N/c1-11(2,3)17-10(16)8(13)6-4-5-7(12)9(14)15;;/h7-8H,4-6,12-13H2,1-3H3,(H,14,15);;/t7-,8?;;/m0../s1. The van der Waals surface area contributed by atoms with Crippen LogP contribution in [0.25, 0.3) is 0 Å². The van der Waals surface area contributed by atoms with Gasteiger partial charge in [0.15, 0.2) is 0 Å². The van der Waals surface area contributed by atoms with Crippen LogP contribution in [0.15, 0.2) is 0 Å². The number of carbonyl (C=O) groups is 2. The average Bonchev–Trinajstić information content (AvgIpc) is 2.14. The normalized spacial score (nSPS) is 13.5. The topological polar surface area (TPSA) is 177 Å². The number of carbonyl (C=O) groups excluding carboxylic acids is 1. The lowest BCUT2D eigenvalue weighted by Gasteiger charge is -2.22. The lowest BCUT2D eigenvalue weighted by molar-refractivity contribution is -0.156. The number of aliphatic carboxylic acids is 1. The fraction of sp³-hybridized carbons (Fsp3) is 0.818. The number of ether oxygens (including phenoxy) is 1. The molecule has 0 aromatic carbocycles. The van der Waals surface area contributed by atoms with Gasteiger partial charge in [-0.05, 0) is 40.0 Å². The molecule has 0 fully saturated rings. The summed E-state index contributed by atoms with van der Waals surface area (Å²) in [6.45, 7) is 5.29. The number of carboxylic acid groups (broad SMARTS) is 1. The van der Waals surface area contributed by atoms with Crippen molar-refractivity contribution in [2.75, 3.05) is 0 Å². The second-order valence-corrected chi connectivity index (χ2v) is 5.02. The molecule has 0 rings (SSSR count). The van der Waals surface area contributed by atoms with Gasteiger partial charge in [0.05, 0.1) is 0 Å². The molecule has 0 heterocycles. The molecule has 0 bridgehead atoms. The molecular weight excluding hydrogens is 252 g/mol. The largest absolute Gasteiger partial charge is 0.480 e. The van der Waals surface area contributed by atoms with Crippen molar-refractivity contribution in [1.82, 2.24) is 12.3 Å². The highest BCUT2D eigenvalue weighted by atomic mass is 16.6. The Labute approximate surface area is 114 Å². The minimum atomic E-state index is -1.05. The van der Waals surface area contributed by atoms with Crippen molar-refractivity contribution < 1.29 is 19.4 Å². The highest BCUT2D eigenvalue weighted by Crippen LogP contribution is 2.10. The first kappa shape index (κ1) is 22.9. The first-order valence-corrected chi connectivity index (χ1v) is 5.60. The van der Waals surface area contributed by atoms with Crippen molar-refractivity contribution in [3.8, 4) is 0 Å². The minimum Gasteiger partial charge on any atom is -0.480 e. The van der Waals surface area contributed by atoms with Crippen LogP contribution in [0.3, 0.4) is 0 Å². The molecule has 8 nitrogen and oxygen atoms in total. The molecule has 6 radical (unpaired) electrons. The van der Waals surface area contributed by atoms with Gasteiger partial charge in [-0.1, -0.05) is 0 Å². The molecule has 19 heavy (non-hydrogen) atoms. The molecule has 2 atom stereocenters. The Balaban J connectivity index is -0.00000128. The number of hydrogen-bond donors (Lipinski definition) is 3. The van der Waals surface area contributed by atoms with Gasteiger partial charge in [0.2, 0.25) is 0 Å². The van der Waals surface area contributed by atoms with E-state index in [9.17, 15) is 9.59 Å². The molecular formula is C11H22N4O4. The van der Waals surface area contributed by atoms with Crippen LogP contribution >= 0.6 is 0 Å². The molecule has 8 heteroatoms. The van der Waals surface area contributed by atoms with Gasteiger partial charge < -0.3 is 21.3 Å². The first-order chi connectivity index (χ1) is 7.63. The van der Waals surface area contributed by atoms with Gasteiger partial charge in [-0.3, -0.25) is 9.59 Å². The molecule has 0 aliphatic heterocycles. The van der Waals surface area contributed by atoms with E-state index in [4.69, 9.17) is 21.3 Å². The minimum absolute atomic E-state index is 0. The van der Waals surface area contributed by atoms with Crippen molar-refractivity contribution in [2.24, 2.45) is 11.5 Å². The van der Waals surface area contributed by atoms with Gasteiger partial charge in [0.25, 0.3) is 0 Å². The summed E-state index contributed by atoms with van der Waals surface area (Å²) in [5, 5.41) is 8.56. The van der Waals surface area contributed by atoms with E-state index < -0.39 is 29.6 Å². The fourth-order valence-electron chi connectivity index (χ4n) is 1.18. The van der Waals surface area contributed by atoms with E-state index in [1.54, 1.807) is 20.8 Å². The van der Waals surface area contributed by atoms with Gasteiger partial charge in [0.1, 0.15) is 17.7 Å². The molecule has 0 saturated carbocycles. The molecule has 0 amide bonds. The molecule has 5 N–H and O–H groups in total. The second kappa shape index (κ2) is 9.68. The third-order valence-electron chi connectivity index (χ3n) is 2.06. The number of carboxylic acids is 1. The first-order valence-electron chi connectivity index (χ1n) is 5.60. The summed E-state index contributed by atoms with van der Waals surface area (Å²) in [5.74, 6) is -1.52. The van der Waals surface area contributed by atoms with Crippen molar-refractivity contribution >= 4 is 11.9 Å². The van der Waals surface area contributed by atoms with Crippen LogP contribution in [-0.4, -0.2) is 34.7 Å². The quantitative estimate of drug-likeness (QED) is 0.538. The van der Waals surface area contributed by atoms with Gasteiger partial charge in [-0.2, -0.15) is 0 Å². The summed E-state index contributed by atoms with van der Waals surface area (Å²) in [6.07, 6.45) is 1.15. The Kier molecular flexibility index (Phi) is 11.7. The molecule has 0 aromatic rings. The van der Waals surface area contributed by atoms with Crippen LogP contribution < -0.4 is 23.8 Å². The summed E-state index contributed by atoms with van der Waals surface area (Å²) in [4.78, 5) is 21.9. The predicted molar refractivity (Wildman–Crippen MR) is 67.6 cm³/mol. The van der Waals surface area contributed by atoms with Crippen molar-refractivity contribution in [3.05, 3.63) is 0 Å². The highest BCUT2D eigenvalue weighted by Gasteiger charge is 2.22. The molecule has 0 saturated heterocycles.